The fraction of sp³-hybridized carbons (Fsp3) is 0.556. The molecule has 0 aliphatic heterocycles. The van der Waals surface area contributed by atoms with Crippen LogP contribution in [0.2, 0.25) is 0 Å². The molecule has 2 saturated carbocycles. The molecular weight excluding hydrogens is 482 g/mol. The first-order chi connectivity index (χ1) is 17.5. The van der Waals surface area contributed by atoms with Crippen LogP contribution >= 0.6 is 0 Å². The first kappa shape index (κ1) is 26.7. The average molecular weight is 514 g/mol. The zero-order valence-electron chi connectivity index (χ0n) is 20.8. The topological polar surface area (TPSA) is 178 Å². The number of nitrogens with two attached hydrogens (primary N) is 1. The second kappa shape index (κ2) is 9.81. The number of aliphatic hydroxyl groups is 1. The van der Waals surface area contributed by atoms with Crippen molar-refractivity contribution in [1.29, 1.82) is 0 Å². The molecule has 1 amide bonds. The fourth-order valence-electron chi connectivity index (χ4n) is 6.46. The number of ketones is 4. The Bertz CT molecular complexity index is 1190. The van der Waals surface area contributed by atoms with Gasteiger partial charge in [-0.25, -0.2) is 0 Å². The number of ether oxygens (including phenoxy) is 1. The van der Waals surface area contributed by atoms with E-state index in [1.165, 1.54) is 6.07 Å². The Balaban J connectivity index is 1.95. The van der Waals surface area contributed by atoms with Gasteiger partial charge in [0.1, 0.15) is 11.9 Å². The number of Topliss-reactive ketones (excluding diaryl/α,β-unsaturated/α-hetero) is 4. The van der Waals surface area contributed by atoms with Crippen LogP contribution in [0.1, 0.15) is 74.2 Å². The molecule has 0 saturated heterocycles. The van der Waals surface area contributed by atoms with E-state index < -0.39 is 82.7 Å². The quantitative estimate of drug-likeness (QED) is 0.276. The van der Waals surface area contributed by atoms with Crippen molar-refractivity contribution < 1.29 is 43.7 Å². The molecular formula is C27H31NO9. The first-order valence-corrected chi connectivity index (χ1v) is 12.7. The van der Waals surface area contributed by atoms with E-state index in [4.69, 9.17) is 10.5 Å². The number of unbranched alkanes of at least 4 members (excludes halogenated alkanes) is 2. The number of amides is 1. The number of primary amides is 1. The summed E-state index contributed by atoms with van der Waals surface area (Å²) in [4.78, 5) is 78.3. The average Bonchev–Trinajstić information content (AvgIpc) is 2.84. The smallest absolute Gasteiger partial charge is 0.305 e. The van der Waals surface area contributed by atoms with Gasteiger partial charge in [-0.2, -0.15) is 0 Å². The predicted octanol–water partition coefficient (Wildman–Crippen LogP) is 1.38. The van der Waals surface area contributed by atoms with E-state index in [0.717, 1.165) is 12.8 Å². The van der Waals surface area contributed by atoms with E-state index in [-0.39, 0.29) is 17.7 Å². The van der Waals surface area contributed by atoms with Gasteiger partial charge < -0.3 is 20.7 Å². The molecule has 198 valence electrons. The number of rotatable bonds is 7. The van der Waals surface area contributed by atoms with Crippen LogP contribution in [-0.4, -0.2) is 56.9 Å². The zero-order chi connectivity index (χ0) is 27.2. The Hall–Kier alpha value is -3.40. The van der Waals surface area contributed by atoms with Crippen LogP contribution < -0.4 is 5.73 Å². The number of hydrogen-bond donors (Lipinski definition) is 3. The molecule has 2 unspecified atom stereocenters. The lowest BCUT2D eigenvalue weighted by Crippen LogP contribution is -2.73. The number of aromatic hydroxyl groups is 1. The lowest BCUT2D eigenvalue weighted by Gasteiger charge is -2.54. The van der Waals surface area contributed by atoms with Gasteiger partial charge in [0, 0.05) is 24.7 Å². The Morgan fingerprint density at radius 1 is 1.11 bits per heavy atom. The van der Waals surface area contributed by atoms with Crippen molar-refractivity contribution in [3.63, 3.8) is 0 Å². The largest absolute Gasteiger partial charge is 0.507 e. The molecule has 0 aromatic heterocycles. The Labute approximate surface area is 213 Å². The van der Waals surface area contributed by atoms with Crippen LogP contribution in [0.5, 0.6) is 5.75 Å². The molecule has 37 heavy (non-hydrogen) atoms. The van der Waals surface area contributed by atoms with Crippen LogP contribution in [0.3, 0.4) is 0 Å². The molecule has 3 aliphatic carbocycles. The molecule has 2 fully saturated rings. The van der Waals surface area contributed by atoms with E-state index in [1.54, 1.807) is 19.1 Å². The fourth-order valence-corrected chi connectivity index (χ4v) is 6.46. The highest BCUT2D eigenvalue weighted by molar-refractivity contribution is 6.31. The number of phenols is 1. The minimum atomic E-state index is -2.93. The van der Waals surface area contributed by atoms with Gasteiger partial charge in [0.05, 0.1) is 11.5 Å². The molecule has 0 bridgehead atoms. The minimum Gasteiger partial charge on any atom is -0.507 e. The molecule has 7 atom stereocenters. The second-order valence-corrected chi connectivity index (χ2v) is 10.2. The minimum absolute atomic E-state index is 0.0649. The van der Waals surface area contributed by atoms with Gasteiger partial charge >= 0.3 is 5.97 Å². The Morgan fingerprint density at radius 3 is 2.43 bits per heavy atom. The monoisotopic (exact) mass is 513 g/mol. The zero-order valence-corrected chi connectivity index (χ0v) is 20.8. The van der Waals surface area contributed by atoms with Crippen LogP contribution in [0.15, 0.2) is 18.2 Å². The molecule has 0 heterocycles. The van der Waals surface area contributed by atoms with Crippen LogP contribution in [0.25, 0.3) is 0 Å². The summed E-state index contributed by atoms with van der Waals surface area (Å²) in [6.45, 7) is 3.55. The molecule has 3 aliphatic rings. The van der Waals surface area contributed by atoms with Gasteiger partial charge in [0.25, 0.3) is 0 Å². The number of hydrogen-bond acceptors (Lipinski definition) is 9. The second-order valence-electron chi connectivity index (χ2n) is 10.2. The third kappa shape index (κ3) is 3.98. The lowest BCUT2D eigenvalue weighted by atomic mass is 9.50. The summed E-state index contributed by atoms with van der Waals surface area (Å²) in [5, 5.41) is 22.2. The van der Waals surface area contributed by atoms with Crippen molar-refractivity contribution in [2.75, 3.05) is 0 Å². The lowest BCUT2D eigenvalue weighted by molar-refractivity contribution is -0.198. The van der Waals surface area contributed by atoms with Crippen LogP contribution in [0, 0.1) is 23.7 Å². The van der Waals surface area contributed by atoms with Crippen molar-refractivity contribution in [3.8, 4) is 5.75 Å². The summed E-state index contributed by atoms with van der Waals surface area (Å²) in [5.74, 6) is -13.3. The third-order valence-electron chi connectivity index (χ3n) is 8.16. The predicted molar refractivity (Wildman–Crippen MR) is 127 cm³/mol. The summed E-state index contributed by atoms with van der Waals surface area (Å²) in [6, 6.07) is 4.56. The van der Waals surface area contributed by atoms with Crippen LogP contribution in [0.4, 0.5) is 0 Å². The summed E-state index contributed by atoms with van der Waals surface area (Å²) in [5.41, 5.74) is 2.73. The van der Waals surface area contributed by atoms with Crippen molar-refractivity contribution in [2.45, 2.75) is 70.0 Å². The molecule has 10 nitrogen and oxygen atoms in total. The van der Waals surface area contributed by atoms with Gasteiger partial charge in [0.15, 0.2) is 34.7 Å². The van der Waals surface area contributed by atoms with E-state index in [0.29, 0.717) is 18.4 Å². The maximum absolute atomic E-state index is 13.9. The van der Waals surface area contributed by atoms with Crippen molar-refractivity contribution in [1.82, 2.24) is 0 Å². The number of esters is 1. The Morgan fingerprint density at radius 2 is 1.81 bits per heavy atom. The van der Waals surface area contributed by atoms with Gasteiger partial charge in [-0.15, -0.1) is 0 Å². The van der Waals surface area contributed by atoms with E-state index >= 15 is 0 Å². The van der Waals surface area contributed by atoms with E-state index in [9.17, 15) is 39.0 Å². The number of carbonyl (C=O) groups excluding carboxylic acids is 6. The molecule has 0 radical (unpaired) electrons. The molecule has 10 heteroatoms. The van der Waals surface area contributed by atoms with Crippen molar-refractivity contribution >= 4 is 35.0 Å². The van der Waals surface area contributed by atoms with Gasteiger partial charge in [-0.05, 0) is 24.0 Å². The normalized spacial score (nSPS) is 32.8. The Kier molecular flexibility index (Phi) is 7.07. The first-order valence-electron chi connectivity index (χ1n) is 12.7. The summed E-state index contributed by atoms with van der Waals surface area (Å²) >= 11 is 0. The number of phenolic OH excluding ortho intramolecular Hbond substituents is 1. The number of benzene rings is 1. The highest BCUT2D eigenvalue weighted by Gasteiger charge is 2.71. The maximum Gasteiger partial charge on any atom is 0.305 e. The number of fused-ring (bicyclic) bond motifs is 3. The molecule has 1 aromatic carbocycles. The summed E-state index contributed by atoms with van der Waals surface area (Å²) in [6.07, 6.45) is 0.900. The molecule has 0 spiro atoms. The highest BCUT2D eigenvalue weighted by Crippen LogP contribution is 2.56. The maximum atomic E-state index is 13.9. The standard InChI is InChI=1S/C27H31NO9/c1-3-5-6-8-13-12-9-7-10-15(29)18(12)22(32)21-19(13)23(37-17(31)4-2)14-11-16(30)20(26(28)35)24(33)27(14,36)25(21)34/h7,9-10,13-14,19-21,23,29,36H,3-6,8,11H2,1-2H3,(H2,28,35)/t13-,14+,19+,20?,21?,23+,27+/m0/s1. The summed E-state index contributed by atoms with van der Waals surface area (Å²) < 4.78 is 5.73. The van der Waals surface area contributed by atoms with E-state index in [2.05, 4.69) is 0 Å². The van der Waals surface area contributed by atoms with Gasteiger partial charge in [0.2, 0.25) is 5.91 Å². The van der Waals surface area contributed by atoms with E-state index in [1.807, 2.05) is 6.92 Å². The number of carbonyl (C=O) groups is 6. The third-order valence-corrected chi connectivity index (χ3v) is 8.16. The van der Waals surface area contributed by atoms with Gasteiger partial charge in [-0.1, -0.05) is 45.2 Å². The molecule has 4 N–H and O–H groups in total. The van der Waals surface area contributed by atoms with Crippen molar-refractivity contribution in [3.05, 3.63) is 29.3 Å². The molecule has 1 aromatic rings. The van der Waals surface area contributed by atoms with Crippen LogP contribution in [-0.2, 0) is 28.7 Å². The van der Waals surface area contributed by atoms with Gasteiger partial charge in [-0.3, -0.25) is 28.8 Å². The SMILES string of the molecule is CCCCC[C@H]1c2cccc(O)c2C(=O)C2C(=O)[C@]3(O)C(=O)C(C(N)=O)C(=O)C[C@@H]3[C@@H](OC(=O)CC)[C@@H]21. The highest BCUT2D eigenvalue weighted by atomic mass is 16.5. The summed E-state index contributed by atoms with van der Waals surface area (Å²) in [7, 11) is 0. The molecule has 4 rings (SSSR count). The van der Waals surface area contributed by atoms with Crippen molar-refractivity contribution in [2.24, 2.45) is 29.4 Å².